The molecule has 2 fully saturated rings. The third-order valence-corrected chi connectivity index (χ3v) is 5.03. The molecule has 0 spiro atoms. The number of hydrogen-bond acceptors (Lipinski definition) is 2. The molecule has 2 aliphatic rings. The average Bonchev–Trinajstić information content (AvgIpc) is 2.85. The fourth-order valence-corrected chi connectivity index (χ4v) is 3.91. The van der Waals surface area contributed by atoms with Gasteiger partial charge in [0.1, 0.15) is 0 Å². The fraction of sp³-hybridized carbons (Fsp3) is 0.562. The molecule has 2 unspecified atom stereocenters. The predicted octanol–water partition coefficient (Wildman–Crippen LogP) is 3.43. The molecule has 108 valence electrons. The summed E-state index contributed by atoms with van der Waals surface area (Å²) in [5.41, 5.74) is 1.28. The molecule has 2 heterocycles. The first-order valence-electron chi connectivity index (χ1n) is 7.47. The molecular formula is C16H21BrN2O. The number of halogens is 1. The van der Waals surface area contributed by atoms with Gasteiger partial charge in [-0.25, -0.2) is 0 Å². The second-order valence-electron chi connectivity index (χ2n) is 5.89. The molecule has 0 aromatic heterocycles. The quantitative estimate of drug-likeness (QED) is 0.826. The molecule has 2 atom stereocenters. The predicted molar refractivity (Wildman–Crippen MR) is 84.9 cm³/mol. The van der Waals surface area contributed by atoms with Crippen LogP contribution in [0.3, 0.4) is 0 Å². The van der Waals surface area contributed by atoms with Gasteiger partial charge in [0.15, 0.2) is 0 Å². The average molecular weight is 337 g/mol. The van der Waals surface area contributed by atoms with Crippen molar-refractivity contribution in [1.82, 2.24) is 4.90 Å². The number of carbonyl (C=O) groups excluding carboxylic acids is 1. The standard InChI is InChI=1S/C16H21BrN2O/c1-12-10-15(19-8-3-6-16(19)20)7-9-18(12)14-5-2-4-13(17)11-14/h2,4-5,11-12,15H,3,6-10H2,1H3. The number of anilines is 1. The highest BCUT2D eigenvalue weighted by Crippen LogP contribution is 2.30. The summed E-state index contributed by atoms with van der Waals surface area (Å²) in [5, 5.41) is 0. The molecule has 1 aromatic carbocycles. The highest BCUT2D eigenvalue weighted by molar-refractivity contribution is 9.10. The molecule has 2 saturated heterocycles. The van der Waals surface area contributed by atoms with Crippen molar-refractivity contribution in [2.45, 2.75) is 44.7 Å². The minimum absolute atomic E-state index is 0.359. The summed E-state index contributed by atoms with van der Waals surface area (Å²) in [6, 6.07) is 9.42. The van der Waals surface area contributed by atoms with E-state index in [1.807, 2.05) is 0 Å². The van der Waals surface area contributed by atoms with Gasteiger partial charge in [-0.1, -0.05) is 22.0 Å². The monoisotopic (exact) mass is 336 g/mol. The van der Waals surface area contributed by atoms with Gasteiger partial charge in [0, 0.05) is 41.8 Å². The van der Waals surface area contributed by atoms with E-state index < -0.39 is 0 Å². The number of nitrogens with zero attached hydrogens (tertiary/aromatic N) is 2. The second-order valence-corrected chi connectivity index (χ2v) is 6.81. The number of carbonyl (C=O) groups is 1. The smallest absolute Gasteiger partial charge is 0.222 e. The zero-order valence-electron chi connectivity index (χ0n) is 11.9. The molecule has 0 saturated carbocycles. The number of likely N-dealkylation sites (tertiary alicyclic amines) is 1. The first kappa shape index (κ1) is 13.9. The molecule has 20 heavy (non-hydrogen) atoms. The Balaban J connectivity index is 1.69. The first-order chi connectivity index (χ1) is 9.65. The number of amides is 1. The molecule has 3 rings (SSSR count). The lowest BCUT2D eigenvalue weighted by molar-refractivity contribution is -0.130. The van der Waals surface area contributed by atoms with Crippen molar-refractivity contribution in [3.8, 4) is 0 Å². The molecule has 0 aliphatic carbocycles. The molecule has 0 bridgehead atoms. The van der Waals surface area contributed by atoms with Crippen LogP contribution in [-0.2, 0) is 4.79 Å². The largest absolute Gasteiger partial charge is 0.369 e. The van der Waals surface area contributed by atoms with Crippen molar-refractivity contribution >= 4 is 27.5 Å². The fourth-order valence-electron chi connectivity index (χ4n) is 3.52. The highest BCUT2D eigenvalue weighted by Gasteiger charge is 2.33. The minimum atomic E-state index is 0.359. The van der Waals surface area contributed by atoms with Crippen molar-refractivity contribution in [2.75, 3.05) is 18.0 Å². The van der Waals surface area contributed by atoms with Crippen molar-refractivity contribution in [2.24, 2.45) is 0 Å². The summed E-state index contributed by atoms with van der Waals surface area (Å²) in [7, 11) is 0. The number of hydrogen-bond donors (Lipinski definition) is 0. The van der Waals surface area contributed by atoms with Crippen molar-refractivity contribution < 1.29 is 4.79 Å². The van der Waals surface area contributed by atoms with Crippen molar-refractivity contribution in [3.63, 3.8) is 0 Å². The van der Waals surface area contributed by atoms with E-state index in [4.69, 9.17) is 0 Å². The van der Waals surface area contributed by atoms with Crippen LogP contribution in [0.2, 0.25) is 0 Å². The maximum atomic E-state index is 11.9. The molecule has 3 nitrogen and oxygen atoms in total. The summed E-state index contributed by atoms with van der Waals surface area (Å²) < 4.78 is 1.12. The summed E-state index contributed by atoms with van der Waals surface area (Å²) in [4.78, 5) is 16.5. The Morgan fingerprint density at radius 1 is 1.25 bits per heavy atom. The van der Waals surface area contributed by atoms with Gasteiger partial charge in [0.2, 0.25) is 5.91 Å². The Morgan fingerprint density at radius 2 is 2.10 bits per heavy atom. The molecule has 0 N–H and O–H groups in total. The summed E-state index contributed by atoms with van der Waals surface area (Å²) in [6.45, 7) is 4.27. The zero-order chi connectivity index (χ0) is 14.1. The van der Waals surface area contributed by atoms with Gasteiger partial charge in [-0.3, -0.25) is 4.79 Å². The minimum Gasteiger partial charge on any atom is -0.369 e. The van der Waals surface area contributed by atoms with Crippen LogP contribution in [0.5, 0.6) is 0 Å². The number of benzene rings is 1. The van der Waals surface area contributed by atoms with Crippen LogP contribution in [0.4, 0.5) is 5.69 Å². The maximum absolute atomic E-state index is 11.9. The van der Waals surface area contributed by atoms with Gasteiger partial charge in [-0.05, 0) is 44.4 Å². The van der Waals surface area contributed by atoms with Gasteiger partial charge in [-0.15, -0.1) is 0 Å². The number of rotatable bonds is 2. The van der Waals surface area contributed by atoms with Gasteiger partial charge >= 0.3 is 0 Å². The van der Waals surface area contributed by atoms with Crippen LogP contribution >= 0.6 is 15.9 Å². The maximum Gasteiger partial charge on any atom is 0.222 e. The van der Waals surface area contributed by atoms with Gasteiger partial charge < -0.3 is 9.80 Å². The van der Waals surface area contributed by atoms with E-state index >= 15 is 0 Å². The molecule has 4 heteroatoms. The summed E-state index contributed by atoms with van der Waals surface area (Å²) in [6.07, 6.45) is 3.96. The van der Waals surface area contributed by atoms with Crippen LogP contribution in [0.25, 0.3) is 0 Å². The SMILES string of the molecule is CC1CC(N2CCCC2=O)CCN1c1cccc(Br)c1. The van der Waals surface area contributed by atoms with Gasteiger partial charge in [-0.2, -0.15) is 0 Å². The van der Waals surface area contributed by atoms with E-state index in [1.54, 1.807) is 0 Å². The molecule has 0 radical (unpaired) electrons. The van der Waals surface area contributed by atoms with Crippen LogP contribution < -0.4 is 4.90 Å². The van der Waals surface area contributed by atoms with Crippen LogP contribution in [0.1, 0.15) is 32.6 Å². The third-order valence-electron chi connectivity index (χ3n) is 4.54. The molecular weight excluding hydrogens is 316 g/mol. The van der Waals surface area contributed by atoms with Crippen LogP contribution in [0, 0.1) is 0 Å². The van der Waals surface area contributed by atoms with E-state index in [0.717, 1.165) is 43.2 Å². The molecule has 2 aliphatic heterocycles. The van der Waals surface area contributed by atoms with Crippen molar-refractivity contribution in [1.29, 1.82) is 0 Å². The Hall–Kier alpha value is -1.03. The Labute approximate surface area is 129 Å². The molecule has 1 aromatic rings. The van der Waals surface area contributed by atoms with E-state index in [1.165, 1.54) is 5.69 Å². The van der Waals surface area contributed by atoms with E-state index in [9.17, 15) is 4.79 Å². The lowest BCUT2D eigenvalue weighted by Gasteiger charge is -2.42. The van der Waals surface area contributed by atoms with E-state index in [2.05, 4.69) is 56.9 Å². The molecule has 1 amide bonds. The first-order valence-corrected chi connectivity index (χ1v) is 8.26. The topological polar surface area (TPSA) is 23.6 Å². The number of piperidine rings is 1. The van der Waals surface area contributed by atoms with Gasteiger partial charge in [0.25, 0.3) is 0 Å². The van der Waals surface area contributed by atoms with Crippen LogP contribution in [0.15, 0.2) is 28.7 Å². The normalized spacial score (nSPS) is 27.2. The lowest BCUT2D eigenvalue weighted by atomic mass is 9.96. The summed E-state index contributed by atoms with van der Waals surface area (Å²) in [5.74, 6) is 0.359. The van der Waals surface area contributed by atoms with Gasteiger partial charge in [0.05, 0.1) is 0 Å². The third kappa shape index (κ3) is 2.71. The van der Waals surface area contributed by atoms with Crippen molar-refractivity contribution in [3.05, 3.63) is 28.7 Å². The zero-order valence-corrected chi connectivity index (χ0v) is 13.5. The Bertz CT molecular complexity index is 505. The second kappa shape index (κ2) is 5.76. The van der Waals surface area contributed by atoms with Crippen LogP contribution in [-0.4, -0.2) is 36.0 Å². The van der Waals surface area contributed by atoms with E-state index in [-0.39, 0.29) is 0 Å². The van der Waals surface area contributed by atoms with E-state index in [0.29, 0.717) is 18.0 Å². The summed E-state index contributed by atoms with van der Waals surface area (Å²) >= 11 is 3.54. The Kier molecular flexibility index (Phi) is 4.01. The Morgan fingerprint density at radius 3 is 2.75 bits per heavy atom. The highest BCUT2D eigenvalue weighted by atomic mass is 79.9. The lowest BCUT2D eigenvalue weighted by Crippen LogP contribution is -2.49.